The van der Waals surface area contributed by atoms with Crippen LogP contribution in [0.2, 0.25) is 0 Å². The van der Waals surface area contributed by atoms with E-state index >= 15 is 0 Å². The van der Waals surface area contributed by atoms with Gasteiger partial charge in [0, 0.05) is 21.7 Å². The Balaban J connectivity index is 1.46. The van der Waals surface area contributed by atoms with Crippen LogP contribution in [0.4, 0.5) is 15.8 Å². The number of pyridine rings is 1. The zero-order chi connectivity index (χ0) is 28.6. The van der Waals surface area contributed by atoms with Crippen LogP contribution in [0.1, 0.15) is 68.0 Å². The van der Waals surface area contributed by atoms with Crippen LogP contribution in [0, 0.1) is 17.1 Å². The van der Waals surface area contributed by atoms with Crippen molar-refractivity contribution in [1.82, 2.24) is 20.0 Å². The zero-order valence-corrected chi connectivity index (χ0v) is 23.4. The molecule has 7 nitrogen and oxygen atoms in total. The van der Waals surface area contributed by atoms with E-state index in [0.717, 1.165) is 30.2 Å². The Labute approximate surface area is 241 Å². The fourth-order valence-electron chi connectivity index (χ4n) is 4.81. The van der Waals surface area contributed by atoms with E-state index in [2.05, 4.69) is 67.0 Å². The summed E-state index contributed by atoms with van der Waals surface area (Å²) in [6, 6.07) is 20.6. The summed E-state index contributed by atoms with van der Waals surface area (Å²) in [6.07, 6.45) is 6.21. The van der Waals surface area contributed by atoms with Crippen molar-refractivity contribution in [3.63, 3.8) is 0 Å². The van der Waals surface area contributed by atoms with Crippen molar-refractivity contribution in [2.75, 3.05) is 10.6 Å². The Bertz CT molecular complexity index is 1750. The first-order valence-corrected chi connectivity index (χ1v) is 14.0. The number of fused-ring (bicyclic) bond motifs is 1. The molecule has 0 amide bonds. The number of nitrogens with one attached hydrogen (secondary N) is 2. The van der Waals surface area contributed by atoms with Crippen LogP contribution in [-0.4, -0.2) is 20.0 Å². The predicted molar refractivity (Wildman–Crippen MR) is 157 cm³/mol. The normalized spacial score (nSPS) is 15.6. The van der Waals surface area contributed by atoms with Crippen molar-refractivity contribution < 1.29 is 5.76 Å². The van der Waals surface area contributed by atoms with Crippen molar-refractivity contribution in [2.24, 2.45) is 0 Å². The average Bonchev–Trinajstić information content (AvgIpc) is 3.72. The molecule has 1 aliphatic rings. The highest BCUT2D eigenvalue weighted by molar-refractivity contribution is 9.10. The number of nitrogens with zero attached hydrogens (tertiary/aromatic N) is 5. The summed E-state index contributed by atoms with van der Waals surface area (Å²) in [4.78, 5) is 4.56. The Morgan fingerprint density at radius 2 is 1.90 bits per heavy atom. The number of hydrogen-bond donors (Lipinski definition) is 2. The molecule has 0 saturated heterocycles. The highest BCUT2D eigenvalue weighted by atomic mass is 79.9. The van der Waals surface area contributed by atoms with E-state index in [1.165, 1.54) is 12.1 Å². The van der Waals surface area contributed by atoms with Crippen LogP contribution in [-0.2, 0) is 0 Å². The maximum Gasteiger partial charge on any atom is 0.123 e. The molecule has 5 aromatic rings. The molecule has 2 heterocycles. The van der Waals surface area contributed by atoms with E-state index in [-0.39, 0.29) is 11.9 Å². The third kappa shape index (κ3) is 5.27. The first-order valence-electron chi connectivity index (χ1n) is 13.7. The van der Waals surface area contributed by atoms with Gasteiger partial charge >= 0.3 is 0 Å². The van der Waals surface area contributed by atoms with Crippen LogP contribution < -0.4 is 10.6 Å². The number of anilines is 2. The topological polar surface area (TPSA) is 91.5 Å². The Hall–Kier alpha value is -4.29. The minimum Gasteiger partial charge on any atom is -0.377 e. The van der Waals surface area contributed by atoms with Gasteiger partial charge in [-0.1, -0.05) is 54.6 Å². The molecule has 0 spiro atoms. The molecule has 1 fully saturated rings. The number of hydrogen-bond acceptors (Lipinski definition) is 6. The van der Waals surface area contributed by atoms with Gasteiger partial charge in [0.2, 0.25) is 0 Å². The number of nitriles is 1. The van der Waals surface area contributed by atoms with Gasteiger partial charge in [-0.15, -0.1) is 5.10 Å². The van der Waals surface area contributed by atoms with Gasteiger partial charge in [0.05, 0.1) is 42.4 Å². The summed E-state index contributed by atoms with van der Waals surface area (Å²) in [5.41, 5.74) is 4.36. The Kier molecular flexibility index (Phi) is 6.84. The summed E-state index contributed by atoms with van der Waals surface area (Å²) >= 11 is 3.66. The minimum atomic E-state index is -1.57. The molecule has 0 radical (unpaired) electrons. The summed E-state index contributed by atoms with van der Waals surface area (Å²) in [7, 11) is 0. The number of halogens is 2. The first-order chi connectivity index (χ1) is 19.9. The van der Waals surface area contributed by atoms with Crippen molar-refractivity contribution in [2.45, 2.75) is 44.3 Å². The van der Waals surface area contributed by atoms with Gasteiger partial charge in [-0.3, -0.25) is 4.98 Å². The molecule has 2 aromatic heterocycles. The Morgan fingerprint density at radius 1 is 1.12 bits per heavy atom. The molecule has 6 rings (SSSR count). The van der Waals surface area contributed by atoms with Crippen LogP contribution in [0.15, 0.2) is 83.6 Å². The van der Waals surface area contributed by atoms with Crippen molar-refractivity contribution in [1.29, 1.82) is 5.26 Å². The lowest BCUT2D eigenvalue weighted by Gasteiger charge is -2.22. The second-order valence-corrected chi connectivity index (χ2v) is 10.7. The monoisotopic (exact) mass is 596 g/mol. The molecule has 0 aliphatic heterocycles. The summed E-state index contributed by atoms with van der Waals surface area (Å²) in [5.74, 6) is -0.388. The lowest BCUT2D eigenvalue weighted by Crippen LogP contribution is -2.14. The number of aromatic nitrogens is 4. The van der Waals surface area contributed by atoms with Crippen LogP contribution in [0.3, 0.4) is 0 Å². The Morgan fingerprint density at radius 3 is 2.60 bits per heavy atom. The second kappa shape index (κ2) is 11.1. The molecule has 3 aromatic carbocycles. The average molecular weight is 598 g/mol. The number of benzene rings is 3. The maximum atomic E-state index is 13.9. The molecule has 1 saturated carbocycles. The fraction of sp³-hybridized carbons (Fsp3) is 0.226. The van der Waals surface area contributed by atoms with Crippen molar-refractivity contribution in [3.05, 3.63) is 112 Å². The van der Waals surface area contributed by atoms with E-state index in [0.29, 0.717) is 44.2 Å². The molecule has 2 N–H and O–H groups in total. The van der Waals surface area contributed by atoms with Gasteiger partial charge in [-0.2, -0.15) is 5.26 Å². The van der Waals surface area contributed by atoms with Crippen LogP contribution in [0.25, 0.3) is 10.9 Å². The quantitative estimate of drug-likeness (QED) is 0.181. The highest BCUT2D eigenvalue weighted by Gasteiger charge is 2.27. The SMILES string of the molecule is [2H][C@](Nc1cc(Br)c2ncc(C#N)c(N[C@H](CC)c3ccccc3)c2c1)(c1ccc(F)cc1)c1cn(C2CC2)nn1. The maximum absolute atomic E-state index is 13.9. The van der Waals surface area contributed by atoms with Gasteiger partial charge in [0.25, 0.3) is 0 Å². The fourth-order valence-corrected chi connectivity index (χ4v) is 5.37. The molecular formula is C31H27BrFN7. The van der Waals surface area contributed by atoms with E-state index in [1.54, 1.807) is 29.2 Å². The second-order valence-electron chi connectivity index (χ2n) is 9.85. The third-order valence-electron chi connectivity index (χ3n) is 7.06. The van der Waals surface area contributed by atoms with E-state index < -0.39 is 6.02 Å². The molecular weight excluding hydrogens is 569 g/mol. The molecule has 2 atom stereocenters. The van der Waals surface area contributed by atoms with E-state index in [9.17, 15) is 11.0 Å². The van der Waals surface area contributed by atoms with Gasteiger partial charge in [-0.05, 0) is 70.6 Å². The van der Waals surface area contributed by atoms with Gasteiger partial charge in [-0.25, -0.2) is 9.07 Å². The van der Waals surface area contributed by atoms with Gasteiger partial charge in [0.1, 0.15) is 17.6 Å². The molecule has 0 unspecified atom stereocenters. The molecule has 9 heteroatoms. The summed E-state index contributed by atoms with van der Waals surface area (Å²) in [6.45, 7) is 2.09. The van der Waals surface area contributed by atoms with Crippen LogP contribution in [0.5, 0.6) is 0 Å². The van der Waals surface area contributed by atoms with Gasteiger partial charge < -0.3 is 10.6 Å². The third-order valence-corrected chi connectivity index (χ3v) is 7.67. The van der Waals surface area contributed by atoms with E-state index in [1.807, 2.05) is 30.3 Å². The largest absolute Gasteiger partial charge is 0.377 e. The molecule has 40 heavy (non-hydrogen) atoms. The predicted octanol–water partition coefficient (Wildman–Crippen LogP) is 7.70. The first kappa shape index (κ1) is 24.7. The zero-order valence-electron chi connectivity index (χ0n) is 22.8. The summed E-state index contributed by atoms with van der Waals surface area (Å²) < 4.78 is 26.0. The molecule has 0 bridgehead atoms. The lowest BCUT2D eigenvalue weighted by molar-refractivity contribution is 0.610. The van der Waals surface area contributed by atoms with Crippen molar-refractivity contribution >= 4 is 38.2 Å². The van der Waals surface area contributed by atoms with Gasteiger partial charge in [0.15, 0.2) is 0 Å². The highest BCUT2D eigenvalue weighted by Crippen LogP contribution is 2.38. The summed E-state index contributed by atoms with van der Waals surface area (Å²) in [5, 5.41) is 26.3. The minimum absolute atomic E-state index is 0.0313. The molecule has 200 valence electrons. The standard InChI is InChI=1S/C31H27BrFN7/c1-2-27(19-6-4-3-5-7-19)37-29-21(16-34)17-35-31-25(29)14-23(15-26(31)32)36-30(20-8-10-22(33)11-9-20)28-18-40(39-38-28)24-12-13-24/h3-11,14-15,17-18,24,27,30,36H,2,12-13H2,1H3,(H,35,37)/t27-,30+/m1/s1/i30D. The number of rotatable bonds is 9. The van der Waals surface area contributed by atoms with Crippen LogP contribution >= 0.6 is 15.9 Å². The molecule has 1 aliphatic carbocycles. The smallest absolute Gasteiger partial charge is 0.123 e. The lowest BCUT2D eigenvalue weighted by atomic mass is 10.0. The van der Waals surface area contributed by atoms with Crippen molar-refractivity contribution in [3.8, 4) is 6.07 Å². The van der Waals surface area contributed by atoms with E-state index in [4.69, 9.17) is 0 Å².